The lowest BCUT2D eigenvalue weighted by Crippen LogP contribution is -2.41. The second-order valence-corrected chi connectivity index (χ2v) is 8.47. The summed E-state index contributed by atoms with van der Waals surface area (Å²) in [6.45, 7) is 7.50. The van der Waals surface area contributed by atoms with Crippen molar-refractivity contribution in [3.8, 4) is 16.9 Å². The molecule has 30 heavy (non-hydrogen) atoms. The predicted octanol–water partition coefficient (Wildman–Crippen LogP) is 5.38. The molecule has 0 fully saturated rings. The van der Waals surface area contributed by atoms with Gasteiger partial charge in [0.2, 0.25) is 0 Å². The van der Waals surface area contributed by atoms with Crippen molar-refractivity contribution in [2.45, 2.75) is 26.7 Å². The summed E-state index contributed by atoms with van der Waals surface area (Å²) >= 11 is 0. The van der Waals surface area contributed by atoms with Gasteiger partial charge in [-0.05, 0) is 53.9 Å². The number of amides is 2. The average Bonchev–Trinajstić information content (AvgIpc) is 2.73. The molecule has 0 saturated heterocycles. The Morgan fingerprint density at radius 2 is 1.87 bits per heavy atom. The molecule has 5 nitrogen and oxygen atoms in total. The molecule has 1 aromatic heterocycles. The summed E-state index contributed by atoms with van der Waals surface area (Å²) < 4.78 is 5.89. The number of hydrogen-bond donors (Lipinski definition) is 2. The number of nitrogens with one attached hydrogen (secondary N) is 2. The normalized spacial score (nSPS) is 16.8. The van der Waals surface area contributed by atoms with Crippen LogP contribution in [-0.4, -0.2) is 24.2 Å². The van der Waals surface area contributed by atoms with Gasteiger partial charge in [-0.1, -0.05) is 44.2 Å². The van der Waals surface area contributed by atoms with E-state index in [1.807, 2.05) is 61.5 Å². The van der Waals surface area contributed by atoms with E-state index >= 15 is 0 Å². The van der Waals surface area contributed by atoms with Crippen LogP contribution in [0.15, 0.2) is 66.9 Å². The maximum absolute atomic E-state index is 12.5. The Hall–Kier alpha value is -3.34. The molecule has 2 amide bonds. The first-order valence-electron chi connectivity index (χ1n) is 10.2. The van der Waals surface area contributed by atoms with Crippen molar-refractivity contribution in [1.82, 2.24) is 10.3 Å². The minimum absolute atomic E-state index is 0.0635. The Balaban J connectivity index is 1.39. The molecular formula is C25H27N3O2. The summed E-state index contributed by atoms with van der Waals surface area (Å²) in [7, 11) is 0. The number of rotatable bonds is 4. The largest absolute Gasteiger partial charge is 0.493 e. The van der Waals surface area contributed by atoms with Gasteiger partial charge in [-0.25, -0.2) is 4.79 Å². The zero-order chi connectivity index (χ0) is 21.1. The number of carbonyl (C=O) groups is 1. The third-order valence-corrected chi connectivity index (χ3v) is 5.68. The van der Waals surface area contributed by atoms with Crippen LogP contribution in [0.25, 0.3) is 11.1 Å². The summed E-state index contributed by atoms with van der Waals surface area (Å²) in [4.78, 5) is 16.7. The molecule has 1 atom stereocenters. The third-order valence-electron chi connectivity index (χ3n) is 5.68. The number of anilines is 1. The number of ether oxygens (including phenoxy) is 1. The molecule has 2 heterocycles. The van der Waals surface area contributed by atoms with Gasteiger partial charge in [0.15, 0.2) is 0 Å². The summed E-state index contributed by atoms with van der Waals surface area (Å²) in [6.07, 6.45) is 1.81. The number of fused-ring (bicyclic) bond motifs is 1. The van der Waals surface area contributed by atoms with Crippen LogP contribution >= 0.6 is 0 Å². The van der Waals surface area contributed by atoms with E-state index in [9.17, 15) is 4.79 Å². The topological polar surface area (TPSA) is 63.2 Å². The maximum atomic E-state index is 12.5. The van der Waals surface area contributed by atoms with E-state index in [0.29, 0.717) is 13.2 Å². The van der Waals surface area contributed by atoms with Crippen molar-refractivity contribution in [2.24, 2.45) is 5.41 Å². The van der Waals surface area contributed by atoms with Crippen LogP contribution in [0.5, 0.6) is 5.75 Å². The van der Waals surface area contributed by atoms with E-state index in [1.54, 1.807) is 6.20 Å². The molecule has 4 rings (SSSR count). The molecule has 0 radical (unpaired) electrons. The molecule has 3 aromatic rings. The highest BCUT2D eigenvalue weighted by atomic mass is 16.5. The van der Waals surface area contributed by atoms with Crippen molar-refractivity contribution in [3.63, 3.8) is 0 Å². The first kappa shape index (κ1) is 20.0. The quantitative estimate of drug-likeness (QED) is 0.617. The van der Waals surface area contributed by atoms with Crippen LogP contribution in [-0.2, 0) is 0 Å². The van der Waals surface area contributed by atoms with Gasteiger partial charge in [-0.2, -0.15) is 0 Å². The summed E-state index contributed by atoms with van der Waals surface area (Å²) in [5.74, 6) is 1.09. The van der Waals surface area contributed by atoms with E-state index in [1.165, 1.54) is 0 Å². The van der Waals surface area contributed by atoms with Crippen molar-refractivity contribution in [3.05, 3.63) is 78.1 Å². The molecular weight excluding hydrogens is 374 g/mol. The van der Waals surface area contributed by atoms with Gasteiger partial charge in [-0.15, -0.1) is 0 Å². The van der Waals surface area contributed by atoms with Crippen LogP contribution in [0, 0.1) is 12.3 Å². The van der Waals surface area contributed by atoms with Crippen LogP contribution in [0.1, 0.15) is 31.0 Å². The number of benzene rings is 2. The summed E-state index contributed by atoms with van der Waals surface area (Å²) in [5, 5.41) is 5.97. The molecule has 0 aliphatic carbocycles. The molecule has 0 saturated carbocycles. The van der Waals surface area contributed by atoms with E-state index in [4.69, 9.17) is 4.74 Å². The third kappa shape index (κ3) is 4.30. The standard InChI is InChI=1S/C25H27N3O2/c1-17-14-19(12-13-26-17)18-8-10-20(11-9-18)28-24(29)27-15-22-21-6-4-5-7-23(21)30-16-25(22,2)3/h4-14,22H,15-16H2,1-3H3,(H2,27,28,29). The van der Waals surface area contributed by atoms with Crippen LogP contribution in [0.3, 0.4) is 0 Å². The number of pyridine rings is 1. The Morgan fingerprint density at radius 3 is 2.63 bits per heavy atom. The minimum Gasteiger partial charge on any atom is -0.493 e. The molecule has 0 spiro atoms. The van der Waals surface area contributed by atoms with Crippen LogP contribution in [0.4, 0.5) is 10.5 Å². The molecule has 1 unspecified atom stereocenters. The summed E-state index contributed by atoms with van der Waals surface area (Å²) in [6, 6.07) is 19.7. The van der Waals surface area contributed by atoms with E-state index in [0.717, 1.165) is 33.8 Å². The molecule has 0 bridgehead atoms. The fraction of sp³-hybridized carbons (Fsp3) is 0.280. The van der Waals surface area contributed by atoms with Crippen molar-refractivity contribution >= 4 is 11.7 Å². The Kier molecular flexibility index (Phi) is 5.44. The highest BCUT2D eigenvalue weighted by Crippen LogP contribution is 2.43. The van der Waals surface area contributed by atoms with Gasteiger partial charge in [-0.3, -0.25) is 4.98 Å². The highest BCUT2D eigenvalue weighted by molar-refractivity contribution is 5.89. The van der Waals surface area contributed by atoms with E-state index < -0.39 is 0 Å². The fourth-order valence-electron chi connectivity index (χ4n) is 3.91. The second-order valence-electron chi connectivity index (χ2n) is 8.47. The number of carbonyl (C=O) groups excluding carboxylic acids is 1. The number of nitrogens with zero attached hydrogens (tertiary/aromatic N) is 1. The van der Waals surface area contributed by atoms with Gasteiger partial charge >= 0.3 is 6.03 Å². The Bertz CT molecular complexity index is 1040. The number of hydrogen-bond acceptors (Lipinski definition) is 3. The highest BCUT2D eigenvalue weighted by Gasteiger charge is 2.37. The van der Waals surface area contributed by atoms with Gasteiger partial charge < -0.3 is 15.4 Å². The lowest BCUT2D eigenvalue weighted by Gasteiger charge is -2.39. The number of aryl methyl sites for hydroxylation is 1. The number of aromatic nitrogens is 1. The smallest absolute Gasteiger partial charge is 0.319 e. The first-order chi connectivity index (χ1) is 14.4. The first-order valence-corrected chi connectivity index (χ1v) is 10.2. The Labute approximate surface area is 177 Å². The zero-order valence-electron chi connectivity index (χ0n) is 17.6. The maximum Gasteiger partial charge on any atom is 0.319 e. The van der Waals surface area contributed by atoms with Gasteiger partial charge in [0.1, 0.15) is 5.75 Å². The van der Waals surface area contributed by atoms with Crippen LogP contribution < -0.4 is 15.4 Å². The van der Waals surface area contributed by atoms with Crippen molar-refractivity contribution < 1.29 is 9.53 Å². The zero-order valence-corrected chi connectivity index (χ0v) is 17.6. The lowest BCUT2D eigenvalue weighted by molar-refractivity contribution is 0.120. The minimum atomic E-state index is -0.206. The SMILES string of the molecule is Cc1cc(-c2ccc(NC(=O)NCC3c4ccccc4OCC3(C)C)cc2)ccn1. The Morgan fingerprint density at radius 1 is 1.10 bits per heavy atom. The van der Waals surface area contributed by atoms with Gasteiger partial charge in [0.05, 0.1) is 6.61 Å². The molecule has 154 valence electrons. The lowest BCUT2D eigenvalue weighted by atomic mass is 9.73. The fourth-order valence-corrected chi connectivity index (χ4v) is 3.91. The molecule has 1 aliphatic heterocycles. The van der Waals surface area contributed by atoms with E-state index in [2.05, 4.69) is 35.5 Å². The van der Waals surface area contributed by atoms with Gasteiger partial charge in [0.25, 0.3) is 0 Å². The van der Waals surface area contributed by atoms with E-state index in [-0.39, 0.29) is 17.4 Å². The average molecular weight is 402 g/mol. The van der Waals surface area contributed by atoms with Crippen LogP contribution in [0.2, 0.25) is 0 Å². The van der Waals surface area contributed by atoms with Crippen molar-refractivity contribution in [1.29, 1.82) is 0 Å². The van der Waals surface area contributed by atoms with Crippen molar-refractivity contribution in [2.75, 3.05) is 18.5 Å². The monoisotopic (exact) mass is 401 g/mol. The molecule has 2 N–H and O–H groups in total. The number of para-hydroxylation sites is 1. The van der Waals surface area contributed by atoms with Gasteiger partial charge in [0, 0.05) is 35.5 Å². The molecule has 1 aliphatic rings. The molecule has 5 heteroatoms. The molecule has 2 aromatic carbocycles. The second kappa shape index (κ2) is 8.19. The summed E-state index contributed by atoms with van der Waals surface area (Å²) in [5.41, 5.74) is 5.02. The number of urea groups is 1. The predicted molar refractivity (Wildman–Crippen MR) is 120 cm³/mol.